The Labute approximate surface area is 98.1 Å². The molecule has 2 nitrogen and oxygen atoms in total. The molecular formula is C10H15BrN2S. The molecule has 78 valence electrons. The monoisotopic (exact) mass is 274 g/mol. The Bertz CT molecular complexity index is 251. The number of aryl methyl sites for hydroxylation is 1. The summed E-state index contributed by atoms with van der Waals surface area (Å²) in [6.07, 6.45) is 7.52. The first-order valence-electron chi connectivity index (χ1n) is 4.80. The van der Waals surface area contributed by atoms with Crippen molar-refractivity contribution in [2.45, 2.75) is 31.3 Å². The van der Waals surface area contributed by atoms with Gasteiger partial charge in [-0.05, 0) is 25.3 Å². The van der Waals surface area contributed by atoms with E-state index < -0.39 is 0 Å². The van der Waals surface area contributed by atoms with Crippen LogP contribution in [0.25, 0.3) is 0 Å². The van der Waals surface area contributed by atoms with Crippen LogP contribution in [0.2, 0.25) is 0 Å². The van der Waals surface area contributed by atoms with Crippen LogP contribution >= 0.6 is 27.7 Å². The molecule has 0 aliphatic heterocycles. The van der Waals surface area contributed by atoms with Gasteiger partial charge in [0.2, 0.25) is 0 Å². The third-order valence-corrected chi connectivity index (χ3v) is 3.29. The molecule has 4 heteroatoms. The van der Waals surface area contributed by atoms with Crippen LogP contribution in [0, 0.1) is 6.92 Å². The average molecular weight is 275 g/mol. The first-order valence-corrected chi connectivity index (χ1v) is 6.91. The summed E-state index contributed by atoms with van der Waals surface area (Å²) >= 11 is 5.16. The van der Waals surface area contributed by atoms with Crippen LogP contribution in [0.3, 0.4) is 0 Å². The van der Waals surface area contributed by atoms with Gasteiger partial charge in [0.1, 0.15) is 0 Å². The maximum atomic E-state index is 4.24. The summed E-state index contributed by atoms with van der Waals surface area (Å²) in [5.41, 5.74) is 1.12. The molecule has 0 unspecified atom stereocenters. The van der Waals surface area contributed by atoms with Crippen molar-refractivity contribution in [3.63, 3.8) is 0 Å². The van der Waals surface area contributed by atoms with E-state index in [0.29, 0.717) is 0 Å². The zero-order valence-corrected chi connectivity index (χ0v) is 10.8. The summed E-state index contributed by atoms with van der Waals surface area (Å²) in [5.74, 6) is 1.12. The number of nitrogens with zero attached hydrogens (tertiary/aromatic N) is 2. The highest BCUT2D eigenvalue weighted by molar-refractivity contribution is 9.09. The smallest absolute Gasteiger partial charge is 0.187 e. The second-order valence-corrected chi connectivity index (χ2v) is 5.00. The average Bonchev–Trinajstić information content (AvgIpc) is 2.21. The van der Waals surface area contributed by atoms with Crippen LogP contribution in [0.1, 0.15) is 24.8 Å². The molecule has 1 aromatic rings. The van der Waals surface area contributed by atoms with E-state index in [-0.39, 0.29) is 0 Å². The summed E-state index contributed by atoms with van der Waals surface area (Å²) in [6, 6.07) is 0. The Balaban J connectivity index is 2.15. The second-order valence-electron chi connectivity index (χ2n) is 3.14. The summed E-state index contributed by atoms with van der Waals surface area (Å²) < 4.78 is 0. The molecule has 0 aliphatic carbocycles. The maximum Gasteiger partial charge on any atom is 0.187 e. The molecule has 0 fully saturated rings. The van der Waals surface area contributed by atoms with Crippen molar-refractivity contribution in [2.75, 3.05) is 11.1 Å². The van der Waals surface area contributed by atoms with Crippen molar-refractivity contribution < 1.29 is 0 Å². The number of unbranched alkanes of at least 4 members (excludes halogenated alkanes) is 2. The van der Waals surface area contributed by atoms with Crippen LogP contribution in [-0.4, -0.2) is 21.1 Å². The Morgan fingerprint density at radius 3 is 2.57 bits per heavy atom. The third-order valence-electron chi connectivity index (χ3n) is 1.77. The number of hydrogen-bond donors (Lipinski definition) is 0. The number of halogens is 1. The van der Waals surface area contributed by atoms with Gasteiger partial charge >= 0.3 is 0 Å². The van der Waals surface area contributed by atoms with Crippen molar-refractivity contribution in [2.24, 2.45) is 0 Å². The Morgan fingerprint density at radius 2 is 1.93 bits per heavy atom. The highest BCUT2D eigenvalue weighted by atomic mass is 79.9. The van der Waals surface area contributed by atoms with E-state index >= 15 is 0 Å². The van der Waals surface area contributed by atoms with Crippen molar-refractivity contribution in [1.82, 2.24) is 9.97 Å². The molecule has 0 spiro atoms. The van der Waals surface area contributed by atoms with E-state index in [1.54, 1.807) is 11.8 Å². The van der Waals surface area contributed by atoms with Crippen LogP contribution in [-0.2, 0) is 0 Å². The fraction of sp³-hybridized carbons (Fsp3) is 0.600. The molecule has 1 heterocycles. The maximum absolute atomic E-state index is 4.24. The zero-order chi connectivity index (χ0) is 10.2. The van der Waals surface area contributed by atoms with Crippen molar-refractivity contribution in [3.05, 3.63) is 18.0 Å². The third kappa shape index (κ3) is 4.96. The first kappa shape index (κ1) is 12.0. The van der Waals surface area contributed by atoms with Gasteiger partial charge in [0.25, 0.3) is 0 Å². The lowest BCUT2D eigenvalue weighted by molar-refractivity contribution is 0.787. The van der Waals surface area contributed by atoms with Gasteiger partial charge in [0, 0.05) is 23.5 Å². The molecule has 1 rings (SSSR count). The molecule has 0 bridgehead atoms. The minimum absolute atomic E-state index is 0.898. The Hall–Kier alpha value is -0.0900. The first-order chi connectivity index (χ1) is 6.83. The lowest BCUT2D eigenvalue weighted by Gasteiger charge is -1.99. The quantitative estimate of drug-likeness (QED) is 0.344. The van der Waals surface area contributed by atoms with Crippen LogP contribution in [0.4, 0.5) is 0 Å². The molecule has 0 saturated carbocycles. The SMILES string of the molecule is Cc1cnc(SCCCCCBr)nc1. The number of hydrogen-bond acceptors (Lipinski definition) is 3. The van der Waals surface area contributed by atoms with Crippen LogP contribution < -0.4 is 0 Å². The molecule has 0 N–H and O–H groups in total. The summed E-state index contributed by atoms with van der Waals surface area (Å²) in [5, 5.41) is 2.01. The van der Waals surface area contributed by atoms with Gasteiger partial charge in [-0.1, -0.05) is 34.1 Å². The van der Waals surface area contributed by atoms with Gasteiger partial charge in [0.05, 0.1) is 0 Å². The topological polar surface area (TPSA) is 25.8 Å². The molecule has 0 saturated heterocycles. The Morgan fingerprint density at radius 1 is 1.21 bits per heavy atom. The summed E-state index contributed by atoms with van der Waals surface area (Å²) in [4.78, 5) is 8.48. The lowest BCUT2D eigenvalue weighted by Crippen LogP contribution is -1.88. The lowest BCUT2D eigenvalue weighted by atomic mass is 10.3. The standard InChI is InChI=1S/C10H15BrN2S/c1-9-7-12-10(13-8-9)14-6-4-2-3-5-11/h7-8H,2-6H2,1H3. The molecule has 14 heavy (non-hydrogen) atoms. The van der Waals surface area contributed by atoms with E-state index in [0.717, 1.165) is 21.8 Å². The van der Waals surface area contributed by atoms with Crippen molar-refractivity contribution in [1.29, 1.82) is 0 Å². The van der Waals surface area contributed by atoms with E-state index in [4.69, 9.17) is 0 Å². The second kappa shape index (κ2) is 7.23. The van der Waals surface area contributed by atoms with Crippen molar-refractivity contribution >= 4 is 27.7 Å². The van der Waals surface area contributed by atoms with Gasteiger partial charge < -0.3 is 0 Å². The van der Waals surface area contributed by atoms with Crippen LogP contribution in [0.5, 0.6) is 0 Å². The minimum Gasteiger partial charge on any atom is -0.231 e. The van der Waals surface area contributed by atoms with Gasteiger partial charge in [0.15, 0.2) is 5.16 Å². The molecule has 0 radical (unpaired) electrons. The predicted octanol–water partition coefficient (Wildman–Crippen LogP) is 3.44. The molecule has 0 amide bonds. The number of alkyl halides is 1. The molecule has 0 aliphatic rings. The van der Waals surface area contributed by atoms with Gasteiger partial charge in [-0.25, -0.2) is 9.97 Å². The predicted molar refractivity (Wildman–Crippen MR) is 65.1 cm³/mol. The Kier molecular flexibility index (Phi) is 6.19. The minimum atomic E-state index is 0.898. The highest BCUT2D eigenvalue weighted by Crippen LogP contribution is 2.14. The van der Waals surface area contributed by atoms with E-state index in [9.17, 15) is 0 Å². The number of thioether (sulfide) groups is 1. The zero-order valence-electron chi connectivity index (χ0n) is 8.37. The van der Waals surface area contributed by atoms with Crippen molar-refractivity contribution in [3.8, 4) is 0 Å². The summed E-state index contributed by atoms with van der Waals surface area (Å²) in [6.45, 7) is 2.00. The van der Waals surface area contributed by atoms with Crippen LogP contribution in [0.15, 0.2) is 17.6 Å². The van der Waals surface area contributed by atoms with Gasteiger partial charge in [-0.15, -0.1) is 0 Å². The van der Waals surface area contributed by atoms with E-state index in [1.165, 1.54) is 19.3 Å². The molecular weight excluding hydrogens is 260 g/mol. The molecule has 0 aromatic carbocycles. The normalized spacial score (nSPS) is 10.4. The van der Waals surface area contributed by atoms with Gasteiger partial charge in [-0.2, -0.15) is 0 Å². The largest absolute Gasteiger partial charge is 0.231 e. The number of aromatic nitrogens is 2. The molecule has 1 aromatic heterocycles. The number of rotatable bonds is 6. The van der Waals surface area contributed by atoms with E-state index in [1.807, 2.05) is 19.3 Å². The summed E-state index contributed by atoms with van der Waals surface area (Å²) in [7, 11) is 0. The van der Waals surface area contributed by atoms with Gasteiger partial charge in [-0.3, -0.25) is 0 Å². The fourth-order valence-corrected chi connectivity index (χ4v) is 2.17. The fourth-order valence-electron chi connectivity index (χ4n) is 0.992. The highest BCUT2D eigenvalue weighted by Gasteiger charge is 1.96. The molecule has 0 atom stereocenters. The van der Waals surface area contributed by atoms with E-state index in [2.05, 4.69) is 25.9 Å².